The summed E-state index contributed by atoms with van der Waals surface area (Å²) in [6.07, 6.45) is -2.23. The topological polar surface area (TPSA) is 59.4 Å². The largest absolute Gasteiger partial charge is 0.416 e. The minimum atomic E-state index is -4.44. The molecule has 1 aliphatic rings. The molecule has 1 heterocycles. The van der Waals surface area contributed by atoms with Crippen molar-refractivity contribution in [2.45, 2.75) is 25.4 Å². The average molecular weight is 354 g/mol. The first-order valence-electron chi connectivity index (χ1n) is 8.14. The summed E-state index contributed by atoms with van der Waals surface area (Å²) in [6, 6.07) is 5.53. The number of hydrogen-bond acceptors (Lipinski definition) is 4. The molecular formula is C17H21F3N4O. The molecular weight excluding hydrogens is 333 g/mol. The Morgan fingerprint density at radius 3 is 2.64 bits per heavy atom. The van der Waals surface area contributed by atoms with Gasteiger partial charge in [0.15, 0.2) is 0 Å². The molecule has 0 aromatic heterocycles. The molecule has 2 rings (SSSR count). The molecule has 136 valence electrons. The maximum atomic E-state index is 13.0. The van der Waals surface area contributed by atoms with Crippen LogP contribution in [0.1, 0.15) is 24.8 Å². The van der Waals surface area contributed by atoms with E-state index in [-0.39, 0.29) is 18.9 Å². The number of alkyl halides is 3. The van der Waals surface area contributed by atoms with Gasteiger partial charge in [0, 0.05) is 26.7 Å². The Balaban J connectivity index is 2.15. The van der Waals surface area contributed by atoms with Gasteiger partial charge in [-0.15, -0.1) is 0 Å². The number of benzene rings is 1. The van der Waals surface area contributed by atoms with Crippen molar-refractivity contribution in [3.8, 4) is 6.07 Å². The lowest BCUT2D eigenvalue weighted by atomic mass is 10.1. The van der Waals surface area contributed by atoms with Crippen LogP contribution in [0.15, 0.2) is 18.2 Å². The van der Waals surface area contributed by atoms with Crippen molar-refractivity contribution in [2.24, 2.45) is 0 Å². The molecule has 0 saturated carbocycles. The van der Waals surface area contributed by atoms with Crippen molar-refractivity contribution in [3.05, 3.63) is 23.8 Å². The van der Waals surface area contributed by atoms with E-state index in [0.29, 0.717) is 17.9 Å². The molecule has 1 fully saturated rings. The molecule has 0 spiro atoms. The third kappa shape index (κ3) is 5.02. The van der Waals surface area contributed by atoms with E-state index in [1.54, 1.807) is 7.05 Å². The predicted octanol–water partition coefficient (Wildman–Crippen LogP) is 3.09. The Hall–Kier alpha value is -2.43. The summed E-state index contributed by atoms with van der Waals surface area (Å²) in [7, 11) is 1.56. The maximum Gasteiger partial charge on any atom is 0.416 e. The zero-order valence-corrected chi connectivity index (χ0v) is 14.1. The fraction of sp³-hybridized carbons (Fsp3) is 0.529. The summed E-state index contributed by atoms with van der Waals surface area (Å²) < 4.78 is 39.0. The molecule has 0 atom stereocenters. The zero-order valence-electron chi connectivity index (χ0n) is 14.1. The van der Waals surface area contributed by atoms with Crippen molar-refractivity contribution in [1.29, 1.82) is 5.26 Å². The van der Waals surface area contributed by atoms with Crippen molar-refractivity contribution in [3.63, 3.8) is 0 Å². The fourth-order valence-electron chi connectivity index (χ4n) is 2.74. The van der Waals surface area contributed by atoms with Crippen LogP contribution in [0.2, 0.25) is 0 Å². The molecule has 1 saturated heterocycles. The van der Waals surface area contributed by atoms with E-state index in [9.17, 15) is 18.0 Å². The van der Waals surface area contributed by atoms with Crippen molar-refractivity contribution >= 4 is 17.3 Å². The van der Waals surface area contributed by atoms with E-state index >= 15 is 0 Å². The van der Waals surface area contributed by atoms with Gasteiger partial charge in [0.05, 0.1) is 36.0 Å². The average Bonchev–Trinajstić information content (AvgIpc) is 3.10. The lowest BCUT2D eigenvalue weighted by Crippen LogP contribution is -2.33. The van der Waals surface area contributed by atoms with E-state index in [1.807, 2.05) is 11.0 Å². The Morgan fingerprint density at radius 2 is 2.04 bits per heavy atom. The number of anilines is 2. The third-order valence-electron chi connectivity index (χ3n) is 4.19. The molecule has 0 unspecified atom stereocenters. The Morgan fingerprint density at radius 1 is 1.36 bits per heavy atom. The van der Waals surface area contributed by atoms with Gasteiger partial charge >= 0.3 is 6.18 Å². The number of rotatable bonds is 6. The van der Waals surface area contributed by atoms with Crippen LogP contribution in [0.4, 0.5) is 24.5 Å². The quantitative estimate of drug-likeness (QED) is 0.853. The first-order valence-corrected chi connectivity index (χ1v) is 8.14. The number of amides is 1. The highest BCUT2D eigenvalue weighted by Gasteiger charge is 2.31. The van der Waals surface area contributed by atoms with Gasteiger partial charge in [-0.1, -0.05) is 0 Å². The van der Waals surface area contributed by atoms with E-state index in [4.69, 9.17) is 5.26 Å². The second-order valence-electron chi connectivity index (χ2n) is 6.00. The van der Waals surface area contributed by atoms with E-state index < -0.39 is 11.7 Å². The van der Waals surface area contributed by atoms with E-state index in [0.717, 1.165) is 38.1 Å². The van der Waals surface area contributed by atoms with Gasteiger partial charge in [0.25, 0.3) is 0 Å². The van der Waals surface area contributed by atoms with Gasteiger partial charge in [0.2, 0.25) is 5.91 Å². The summed E-state index contributed by atoms with van der Waals surface area (Å²) in [4.78, 5) is 15.5. The van der Waals surface area contributed by atoms with Crippen molar-refractivity contribution < 1.29 is 18.0 Å². The SMILES string of the molecule is CN(CCC#N)C(=O)CNc1cc(C(F)(F)F)ccc1N1CCCC1. The van der Waals surface area contributed by atoms with Gasteiger partial charge in [-0.2, -0.15) is 18.4 Å². The minimum absolute atomic E-state index is 0.121. The normalized spacial score (nSPS) is 14.3. The zero-order chi connectivity index (χ0) is 18.4. The molecule has 1 N–H and O–H groups in total. The summed E-state index contributed by atoms with van der Waals surface area (Å²) >= 11 is 0. The highest BCUT2D eigenvalue weighted by molar-refractivity contribution is 5.83. The molecule has 1 aromatic rings. The first-order chi connectivity index (χ1) is 11.8. The Kier molecular flexibility index (Phi) is 6.12. The summed E-state index contributed by atoms with van der Waals surface area (Å²) in [5, 5.41) is 11.4. The predicted molar refractivity (Wildman–Crippen MR) is 89.2 cm³/mol. The van der Waals surface area contributed by atoms with Crippen LogP contribution >= 0.6 is 0 Å². The highest BCUT2D eigenvalue weighted by Crippen LogP contribution is 2.36. The van der Waals surface area contributed by atoms with Crippen LogP contribution in [0.3, 0.4) is 0 Å². The molecule has 1 aromatic carbocycles. The van der Waals surface area contributed by atoms with Gasteiger partial charge < -0.3 is 15.1 Å². The van der Waals surface area contributed by atoms with Crippen molar-refractivity contribution in [1.82, 2.24) is 4.90 Å². The lowest BCUT2D eigenvalue weighted by molar-refractivity contribution is -0.137. The Labute approximate surface area is 145 Å². The molecule has 0 radical (unpaired) electrons. The molecule has 25 heavy (non-hydrogen) atoms. The molecule has 0 bridgehead atoms. The molecule has 1 aliphatic heterocycles. The number of carbonyl (C=O) groups excluding carboxylic acids is 1. The number of nitrogens with one attached hydrogen (secondary N) is 1. The second-order valence-corrected chi connectivity index (χ2v) is 6.00. The maximum absolute atomic E-state index is 13.0. The van der Waals surface area contributed by atoms with Crippen LogP contribution < -0.4 is 10.2 Å². The standard InChI is InChI=1S/C17H21F3N4O/c1-23(8-4-7-21)16(25)12-22-14-11-13(17(18,19)20)5-6-15(14)24-9-2-3-10-24/h5-6,11,22H,2-4,8-10,12H2,1H3. The number of nitriles is 1. The van der Waals surface area contributed by atoms with Gasteiger partial charge in [-0.25, -0.2) is 0 Å². The highest BCUT2D eigenvalue weighted by atomic mass is 19.4. The fourth-order valence-corrected chi connectivity index (χ4v) is 2.74. The minimum Gasteiger partial charge on any atom is -0.374 e. The summed E-state index contributed by atoms with van der Waals surface area (Å²) in [5.41, 5.74) is 0.236. The van der Waals surface area contributed by atoms with Crippen LogP contribution in [-0.2, 0) is 11.0 Å². The molecule has 1 amide bonds. The lowest BCUT2D eigenvalue weighted by Gasteiger charge is -2.24. The monoisotopic (exact) mass is 354 g/mol. The second kappa shape index (κ2) is 8.10. The van der Waals surface area contributed by atoms with E-state index in [2.05, 4.69) is 5.32 Å². The molecule has 5 nitrogen and oxygen atoms in total. The van der Waals surface area contributed by atoms with E-state index in [1.165, 1.54) is 11.0 Å². The van der Waals surface area contributed by atoms with Gasteiger partial charge in [-0.3, -0.25) is 4.79 Å². The van der Waals surface area contributed by atoms with Gasteiger partial charge in [0.1, 0.15) is 0 Å². The Bertz CT molecular complexity index is 648. The molecule has 0 aliphatic carbocycles. The number of likely N-dealkylation sites (N-methyl/N-ethyl adjacent to an activating group) is 1. The van der Waals surface area contributed by atoms with Crippen LogP contribution in [0, 0.1) is 11.3 Å². The summed E-state index contributed by atoms with van der Waals surface area (Å²) in [5.74, 6) is -0.278. The van der Waals surface area contributed by atoms with Crippen LogP contribution in [-0.4, -0.2) is 44.0 Å². The number of carbonyl (C=O) groups is 1. The van der Waals surface area contributed by atoms with Crippen LogP contribution in [0.5, 0.6) is 0 Å². The number of hydrogen-bond donors (Lipinski definition) is 1. The third-order valence-corrected chi connectivity index (χ3v) is 4.19. The van der Waals surface area contributed by atoms with Gasteiger partial charge in [-0.05, 0) is 31.0 Å². The summed E-state index contributed by atoms with van der Waals surface area (Å²) in [6.45, 7) is 1.74. The van der Waals surface area contributed by atoms with Crippen LogP contribution in [0.25, 0.3) is 0 Å². The first kappa shape index (κ1) is 18.9. The van der Waals surface area contributed by atoms with Crippen molar-refractivity contribution in [2.75, 3.05) is 43.4 Å². The smallest absolute Gasteiger partial charge is 0.374 e. The number of nitrogens with zero attached hydrogens (tertiary/aromatic N) is 3. The number of halogens is 3. The molecule has 8 heteroatoms.